The number of aryl methyl sites for hydroxylation is 1. The summed E-state index contributed by atoms with van der Waals surface area (Å²) in [5.41, 5.74) is -4.00. The molecule has 0 atom stereocenters. The van der Waals surface area contributed by atoms with Gasteiger partial charge < -0.3 is 10.2 Å². The van der Waals surface area contributed by atoms with E-state index in [0.29, 0.717) is 0 Å². The van der Waals surface area contributed by atoms with E-state index >= 15 is 0 Å². The van der Waals surface area contributed by atoms with Crippen molar-refractivity contribution in [3.63, 3.8) is 0 Å². The van der Waals surface area contributed by atoms with E-state index in [1.54, 1.807) is 0 Å². The van der Waals surface area contributed by atoms with Crippen LogP contribution in [0, 0.1) is 0 Å². The van der Waals surface area contributed by atoms with Crippen molar-refractivity contribution in [2.75, 3.05) is 6.61 Å². The third-order valence-corrected chi connectivity index (χ3v) is 3.45. The number of hydrogen-bond acceptors (Lipinski definition) is 9. The van der Waals surface area contributed by atoms with E-state index < -0.39 is 34.1 Å². The van der Waals surface area contributed by atoms with Gasteiger partial charge in [-0.15, -0.1) is 10.2 Å². The van der Waals surface area contributed by atoms with E-state index in [-0.39, 0.29) is 30.3 Å². The van der Waals surface area contributed by atoms with E-state index in [1.807, 2.05) is 9.97 Å². The molecule has 5 N–H and O–H groups in total. The Labute approximate surface area is 141 Å². The molecule has 0 saturated heterocycles. The molecule has 0 amide bonds. The lowest BCUT2D eigenvalue weighted by atomic mass is 10.5. The van der Waals surface area contributed by atoms with Crippen LogP contribution in [-0.4, -0.2) is 45.9 Å². The molecule has 0 spiro atoms. The van der Waals surface area contributed by atoms with Crippen LogP contribution < -0.4 is 22.5 Å². The van der Waals surface area contributed by atoms with Crippen molar-refractivity contribution >= 4 is 22.8 Å². The summed E-state index contributed by atoms with van der Waals surface area (Å²) in [5, 5.41) is 26.0. The van der Waals surface area contributed by atoms with Crippen LogP contribution in [0.25, 0.3) is 11.2 Å². The van der Waals surface area contributed by atoms with E-state index in [2.05, 4.69) is 20.2 Å². The zero-order valence-electron chi connectivity index (χ0n) is 13.2. The monoisotopic (exact) mass is 364 g/mol. The molecular weight excluding hydrogens is 352 g/mol. The number of H-pyrrole nitrogens is 3. The summed E-state index contributed by atoms with van der Waals surface area (Å²) >= 11 is 0. The van der Waals surface area contributed by atoms with Crippen molar-refractivity contribution in [1.29, 1.82) is 0 Å². The molecule has 14 heteroatoms. The van der Waals surface area contributed by atoms with Crippen molar-refractivity contribution < 1.29 is 10.2 Å². The van der Waals surface area contributed by atoms with E-state index in [1.165, 1.54) is 11.6 Å². The number of aliphatic hydroxyl groups is 1. The third-order valence-electron chi connectivity index (χ3n) is 3.45. The minimum Gasteiger partial charge on any atom is -0.493 e. The molecule has 0 radical (unpaired) electrons. The molecule has 3 aromatic rings. The summed E-state index contributed by atoms with van der Waals surface area (Å²) in [7, 11) is 1.37. The van der Waals surface area contributed by atoms with Crippen molar-refractivity contribution in [3.05, 3.63) is 41.7 Å². The zero-order valence-corrected chi connectivity index (χ0v) is 13.2. The number of fused-ring (bicyclic) bond motifs is 1. The van der Waals surface area contributed by atoms with Gasteiger partial charge in [0.15, 0.2) is 11.2 Å². The quantitative estimate of drug-likeness (QED) is 0.326. The zero-order chi connectivity index (χ0) is 19.0. The first-order valence-corrected chi connectivity index (χ1v) is 7.11. The lowest BCUT2D eigenvalue weighted by Gasteiger charge is -2.02. The number of rotatable bonds is 4. The number of nitrogens with one attached hydrogen (secondary N) is 3. The maximum Gasteiger partial charge on any atom is 0.329 e. The molecule has 3 aromatic heterocycles. The van der Waals surface area contributed by atoms with Crippen molar-refractivity contribution in [1.82, 2.24) is 29.1 Å². The molecule has 0 aromatic carbocycles. The highest BCUT2D eigenvalue weighted by Crippen LogP contribution is 2.22. The van der Waals surface area contributed by atoms with E-state index in [9.17, 15) is 29.4 Å². The van der Waals surface area contributed by atoms with Gasteiger partial charge in [-0.2, -0.15) is 4.98 Å². The van der Waals surface area contributed by atoms with E-state index in [4.69, 9.17) is 0 Å². The minimum absolute atomic E-state index is 0.0132. The number of nitrogens with zero attached hydrogens (tertiary/aromatic N) is 5. The van der Waals surface area contributed by atoms with Crippen molar-refractivity contribution in [3.8, 4) is 5.88 Å². The smallest absolute Gasteiger partial charge is 0.329 e. The lowest BCUT2D eigenvalue weighted by Crippen LogP contribution is -2.29. The van der Waals surface area contributed by atoms with Gasteiger partial charge in [-0.1, -0.05) is 0 Å². The molecule has 3 rings (SSSR count). The predicted molar refractivity (Wildman–Crippen MR) is 86.2 cm³/mol. The van der Waals surface area contributed by atoms with Gasteiger partial charge in [0.05, 0.1) is 6.61 Å². The van der Waals surface area contributed by atoms with Gasteiger partial charge in [0.25, 0.3) is 17.1 Å². The third kappa shape index (κ3) is 2.73. The van der Waals surface area contributed by atoms with Crippen LogP contribution in [0.5, 0.6) is 5.88 Å². The van der Waals surface area contributed by atoms with Gasteiger partial charge in [-0.3, -0.25) is 33.7 Å². The molecule has 0 unspecified atom stereocenters. The van der Waals surface area contributed by atoms with Crippen molar-refractivity contribution in [2.45, 2.75) is 6.54 Å². The summed E-state index contributed by atoms with van der Waals surface area (Å²) in [6, 6.07) is 0. The molecule has 0 aliphatic carbocycles. The number of hydrogen-bond donors (Lipinski definition) is 5. The van der Waals surface area contributed by atoms with Crippen LogP contribution in [0.2, 0.25) is 0 Å². The van der Waals surface area contributed by atoms with Gasteiger partial charge in [0, 0.05) is 13.6 Å². The first-order valence-electron chi connectivity index (χ1n) is 7.11. The second kappa shape index (κ2) is 6.25. The number of aromatic hydroxyl groups is 1. The normalized spacial score (nSPS) is 11.6. The van der Waals surface area contributed by atoms with Gasteiger partial charge >= 0.3 is 11.4 Å². The van der Waals surface area contributed by atoms with Gasteiger partial charge in [0.1, 0.15) is 0 Å². The fourth-order valence-corrected chi connectivity index (χ4v) is 2.27. The lowest BCUT2D eigenvalue weighted by molar-refractivity contribution is 0.278. The number of aromatic nitrogens is 6. The summed E-state index contributed by atoms with van der Waals surface area (Å²) < 4.78 is 2.25. The Balaban J connectivity index is 2.24. The standard InChI is InChI=1S/C12H12N8O6/c1-19-6-5(9(24)16-12(19)26)20(2-3-21)10(13-6)18-17-4-7(22)14-11(25)15-8(4)23/h21H,2-3H2,1H3,(H,16,24,26)(H3,14,15,22,23,25). The highest BCUT2D eigenvalue weighted by Gasteiger charge is 2.17. The predicted octanol–water partition coefficient (Wildman–Crippen LogP) is -2.09. The SMILES string of the molecule is Cn1c(=O)[nH]c(=O)c2c1nc(N=Nc1c(O)[nH]c(=O)[nH]c1=O)n2CCO. The van der Waals surface area contributed by atoms with Crippen LogP contribution in [0.3, 0.4) is 0 Å². The maximum atomic E-state index is 12.1. The highest BCUT2D eigenvalue weighted by atomic mass is 16.3. The fraction of sp³-hybridized carbons (Fsp3) is 0.250. The van der Waals surface area contributed by atoms with Crippen LogP contribution in [0.4, 0.5) is 11.6 Å². The van der Waals surface area contributed by atoms with Crippen molar-refractivity contribution in [2.24, 2.45) is 17.3 Å². The average molecular weight is 364 g/mol. The average Bonchev–Trinajstić information content (AvgIpc) is 2.91. The molecule has 0 aliphatic heterocycles. The number of aliphatic hydroxyl groups excluding tert-OH is 1. The summed E-state index contributed by atoms with van der Waals surface area (Å²) in [5.74, 6) is -1.01. The number of imidazole rings is 1. The molecule has 136 valence electrons. The molecule has 0 aliphatic rings. The molecular formula is C12H12N8O6. The molecule has 0 bridgehead atoms. The Morgan fingerprint density at radius 3 is 2.46 bits per heavy atom. The first-order chi connectivity index (χ1) is 12.3. The second-order valence-electron chi connectivity index (χ2n) is 5.08. The van der Waals surface area contributed by atoms with Crippen LogP contribution in [0.15, 0.2) is 29.4 Å². The largest absolute Gasteiger partial charge is 0.493 e. The van der Waals surface area contributed by atoms with Crippen LogP contribution in [0.1, 0.15) is 0 Å². The van der Waals surface area contributed by atoms with Gasteiger partial charge in [0.2, 0.25) is 11.6 Å². The van der Waals surface area contributed by atoms with Gasteiger partial charge in [-0.05, 0) is 0 Å². The topological polar surface area (TPSA) is 204 Å². The minimum atomic E-state index is -0.995. The Hall–Kier alpha value is -3.81. The fourth-order valence-electron chi connectivity index (χ4n) is 2.27. The Morgan fingerprint density at radius 1 is 1.08 bits per heavy atom. The highest BCUT2D eigenvalue weighted by molar-refractivity contribution is 5.73. The number of azo groups is 1. The van der Waals surface area contributed by atoms with Crippen LogP contribution >= 0.6 is 0 Å². The summed E-state index contributed by atoms with van der Waals surface area (Å²) in [4.78, 5) is 56.3. The van der Waals surface area contributed by atoms with Crippen LogP contribution in [-0.2, 0) is 13.6 Å². The molecule has 26 heavy (non-hydrogen) atoms. The molecule has 0 saturated carbocycles. The molecule has 0 fully saturated rings. The summed E-state index contributed by atoms with van der Waals surface area (Å²) in [6.45, 7) is -0.471. The van der Waals surface area contributed by atoms with Gasteiger partial charge in [-0.25, -0.2) is 9.59 Å². The molecule has 3 heterocycles. The Kier molecular flexibility index (Phi) is 4.09. The molecule has 14 nitrogen and oxygen atoms in total. The second-order valence-corrected chi connectivity index (χ2v) is 5.08. The van der Waals surface area contributed by atoms with E-state index in [0.717, 1.165) is 4.57 Å². The Morgan fingerprint density at radius 2 is 1.81 bits per heavy atom. The first kappa shape index (κ1) is 17.0. The summed E-state index contributed by atoms with van der Waals surface area (Å²) in [6.07, 6.45) is 0. The number of aromatic amines is 3. The Bertz CT molecular complexity index is 1260. The maximum absolute atomic E-state index is 12.1.